The Morgan fingerprint density at radius 2 is 1.93 bits per heavy atom. The Kier molecular flexibility index (Phi) is 6.33. The summed E-state index contributed by atoms with van der Waals surface area (Å²) in [7, 11) is -2.27. The minimum Gasteiger partial charge on any atom is -0.352 e. The summed E-state index contributed by atoms with van der Waals surface area (Å²) in [6.45, 7) is 3.17. The molecule has 1 heterocycles. The highest BCUT2D eigenvalue weighted by Crippen LogP contribution is 2.23. The first kappa shape index (κ1) is 20.6. The third-order valence-corrected chi connectivity index (χ3v) is 6.37. The van der Waals surface area contributed by atoms with Gasteiger partial charge in [-0.1, -0.05) is 23.8 Å². The number of imidazole rings is 1. The van der Waals surface area contributed by atoms with Crippen molar-refractivity contribution >= 4 is 21.6 Å². The SMILES string of the molecule is Cc1ccc(N(C)S(=O)(=O)c2cccc(C(=O)NCCCn3ccnc3)c2)cc1. The van der Waals surface area contributed by atoms with Gasteiger partial charge < -0.3 is 9.88 Å². The smallest absolute Gasteiger partial charge is 0.264 e. The summed E-state index contributed by atoms with van der Waals surface area (Å²) in [6.07, 6.45) is 6.04. The normalized spacial score (nSPS) is 11.2. The molecule has 0 bridgehead atoms. The maximum absolute atomic E-state index is 13.0. The molecular formula is C21H24N4O3S. The zero-order valence-corrected chi connectivity index (χ0v) is 17.3. The predicted molar refractivity (Wildman–Crippen MR) is 112 cm³/mol. The van der Waals surface area contributed by atoms with E-state index in [1.54, 1.807) is 36.8 Å². The van der Waals surface area contributed by atoms with Crippen LogP contribution in [0.3, 0.4) is 0 Å². The van der Waals surface area contributed by atoms with Crippen LogP contribution in [-0.4, -0.2) is 37.5 Å². The number of anilines is 1. The van der Waals surface area contributed by atoms with Gasteiger partial charge in [-0.25, -0.2) is 13.4 Å². The first-order valence-electron chi connectivity index (χ1n) is 9.27. The number of hydrogen-bond acceptors (Lipinski definition) is 4. The fourth-order valence-corrected chi connectivity index (χ4v) is 4.08. The van der Waals surface area contributed by atoms with Crippen molar-refractivity contribution in [2.45, 2.75) is 24.8 Å². The molecule has 1 aromatic heterocycles. The van der Waals surface area contributed by atoms with Gasteiger partial charge in [0.15, 0.2) is 0 Å². The van der Waals surface area contributed by atoms with Crippen molar-refractivity contribution in [2.75, 3.05) is 17.9 Å². The van der Waals surface area contributed by atoms with E-state index < -0.39 is 10.0 Å². The van der Waals surface area contributed by atoms with Gasteiger partial charge in [0.1, 0.15) is 0 Å². The minimum atomic E-state index is -3.77. The van der Waals surface area contributed by atoms with Crippen LogP contribution in [0.2, 0.25) is 0 Å². The number of nitrogens with one attached hydrogen (secondary N) is 1. The molecule has 1 N–H and O–H groups in total. The van der Waals surface area contributed by atoms with Crippen LogP contribution in [0.5, 0.6) is 0 Å². The van der Waals surface area contributed by atoms with Crippen LogP contribution in [0.1, 0.15) is 22.3 Å². The van der Waals surface area contributed by atoms with Gasteiger partial charge in [-0.3, -0.25) is 9.10 Å². The molecule has 0 unspecified atom stereocenters. The highest BCUT2D eigenvalue weighted by atomic mass is 32.2. The molecule has 3 rings (SSSR count). The van der Waals surface area contributed by atoms with E-state index in [2.05, 4.69) is 10.3 Å². The van der Waals surface area contributed by atoms with Gasteiger partial charge in [-0.2, -0.15) is 0 Å². The second-order valence-electron chi connectivity index (χ2n) is 6.75. The van der Waals surface area contributed by atoms with Crippen molar-refractivity contribution in [1.82, 2.24) is 14.9 Å². The average Bonchev–Trinajstić information content (AvgIpc) is 3.25. The summed E-state index contributed by atoms with van der Waals surface area (Å²) >= 11 is 0. The van der Waals surface area contributed by atoms with E-state index in [9.17, 15) is 13.2 Å². The van der Waals surface area contributed by atoms with Gasteiger partial charge in [-0.05, 0) is 43.7 Å². The topological polar surface area (TPSA) is 84.3 Å². The molecule has 152 valence electrons. The Balaban J connectivity index is 1.67. The molecule has 0 aliphatic rings. The van der Waals surface area contributed by atoms with Crippen molar-refractivity contribution in [3.8, 4) is 0 Å². The zero-order valence-electron chi connectivity index (χ0n) is 16.4. The first-order valence-corrected chi connectivity index (χ1v) is 10.7. The molecule has 8 heteroatoms. The number of amides is 1. The number of carbonyl (C=O) groups excluding carboxylic acids is 1. The Morgan fingerprint density at radius 3 is 2.62 bits per heavy atom. The van der Waals surface area contributed by atoms with Crippen molar-refractivity contribution in [1.29, 1.82) is 0 Å². The summed E-state index contributed by atoms with van der Waals surface area (Å²) in [6, 6.07) is 13.3. The van der Waals surface area contributed by atoms with Crippen molar-refractivity contribution in [3.05, 3.63) is 78.4 Å². The van der Waals surface area contributed by atoms with Crippen LogP contribution < -0.4 is 9.62 Å². The van der Waals surface area contributed by atoms with Gasteiger partial charge in [0, 0.05) is 38.1 Å². The predicted octanol–water partition coefficient (Wildman–Crippen LogP) is 2.84. The van der Waals surface area contributed by atoms with Crippen LogP contribution in [0.25, 0.3) is 0 Å². The summed E-state index contributed by atoms with van der Waals surface area (Å²) in [5.41, 5.74) is 1.92. The van der Waals surface area contributed by atoms with E-state index in [1.807, 2.05) is 29.8 Å². The lowest BCUT2D eigenvalue weighted by Gasteiger charge is -2.20. The molecule has 0 spiro atoms. The fourth-order valence-electron chi connectivity index (χ4n) is 2.83. The lowest BCUT2D eigenvalue weighted by molar-refractivity contribution is 0.0952. The zero-order chi connectivity index (χ0) is 20.9. The molecule has 0 fully saturated rings. The van der Waals surface area contributed by atoms with E-state index in [0.717, 1.165) is 18.5 Å². The van der Waals surface area contributed by atoms with E-state index in [-0.39, 0.29) is 10.8 Å². The minimum absolute atomic E-state index is 0.0756. The van der Waals surface area contributed by atoms with Crippen LogP contribution in [-0.2, 0) is 16.6 Å². The molecule has 0 aliphatic carbocycles. The maximum Gasteiger partial charge on any atom is 0.264 e. The molecule has 2 aromatic carbocycles. The second-order valence-corrected chi connectivity index (χ2v) is 8.72. The number of aryl methyl sites for hydroxylation is 2. The lowest BCUT2D eigenvalue weighted by atomic mass is 10.2. The Hall–Kier alpha value is -3.13. The van der Waals surface area contributed by atoms with Crippen molar-refractivity contribution < 1.29 is 13.2 Å². The largest absolute Gasteiger partial charge is 0.352 e. The Morgan fingerprint density at radius 1 is 1.17 bits per heavy atom. The Labute approximate surface area is 171 Å². The van der Waals surface area contributed by atoms with Gasteiger partial charge in [0.2, 0.25) is 0 Å². The average molecular weight is 413 g/mol. The number of aromatic nitrogens is 2. The monoisotopic (exact) mass is 412 g/mol. The van der Waals surface area contributed by atoms with E-state index in [4.69, 9.17) is 0 Å². The number of carbonyl (C=O) groups is 1. The third-order valence-electron chi connectivity index (χ3n) is 4.59. The maximum atomic E-state index is 13.0. The Bertz CT molecular complexity index is 1060. The summed E-state index contributed by atoms with van der Waals surface area (Å²) in [4.78, 5) is 16.5. The third kappa shape index (κ3) is 5.03. The van der Waals surface area contributed by atoms with Gasteiger partial charge in [0.05, 0.1) is 16.9 Å². The molecule has 0 saturated carbocycles. The van der Waals surface area contributed by atoms with Crippen LogP contribution in [0.15, 0.2) is 72.1 Å². The number of benzene rings is 2. The van der Waals surface area contributed by atoms with Crippen molar-refractivity contribution in [2.24, 2.45) is 0 Å². The first-order chi connectivity index (χ1) is 13.9. The van der Waals surface area contributed by atoms with Crippen LogP contribution in [0, 0.1) is 6.92 Å². The molecular weight excluding hydrogens is 388 g/mol. The van der Waals surface area contributed by atoms with Gasteiger partial charge in [-0.15, -0.1) is 0 Å². The van der Waals surface area contributed by atoms with Gasteiger partial charge >= 0.3 is 0 Å². The van der Waals surface area contributed by atoms with E-state index >= 15 is 0 Å². The number of hydrogen-bond donors (Lipinski definition) is 1. The van der Waals surface area contributed by atoms with Crippen LogP contribution >= 0.6 is 0 Å². The summed E-state index contributed by atoms with van der Waals surface area (Å²) in [5.74, 6) is -0.300. The standard InChI is InChI=1S/C21H24N4O3S/c1-17-7-9-19(10-8-17)24(2)29(27,28)20-6-3-5-18(15-20)21(26)23-11-4-13-25-14-12-22-16-25/h3,5-10,12,14-16H,4,11,13H2,1-2H3,(H,23,26). The highest BCUT2D eigenvalue weighted by molar-refractivity contribution is 7.92. The fraction of sp³-hybridized carbons (Fsp3) is 0.238. The van der Waals surface area contributed by atoms with Gasteiger partial charge in [0.25, 0.3) is 15.9 Å². The summed E-state index contributed by atoms with van der Waals surface area (Å²) in [5, 5.41) is 2.83. The number of nitrogens with zero attached hydrogens (tertiary/aromatic N) is 3. The molecule has 29 heavy (non-hydrogen) atoms. The summed E-state index contributed by atoms with van der Waals surface area (Å²) < 4.78 is 29.1. The quantitative estimate of drug-likeness (QED) is 0.577. The van der Waals surface area contributed by atoms with E-state index in [1.165, 1.54) is 23.5 Å². The second kappa shape index (κ2) is 8.91. The number of sulfonamides is 1. The molecule has 3 aromatic rings. The van der Waals surface area contributed by atoms with E-state index in [0.29, 0.717) is 17.8 Å². The molecule has 0 radical (unpaired) electrons. The molecule has 7 nitrogen and oxygen atoms in total. The molecule has 1 amide bonds. The molecule has 0 atom stereocenters. The van der Waals surface area contributed by atoms with Crippen LogP contribution in [0.4, 0.5) is 5.69 Å². The lowest BCUT2D eigenvalue weighted by Crippen LogP contribution is -2.28. The highest BCUT2D eigenvalue weighted by Gasteiger charge is 2.22. The number of rotatable bonds is 8. The molecule has 0 saturated heterocycles. The molecule has 0 aliphatic heterocycles. The van der Waals surface area contributed by atoms with Crippen molar-refractivity contribution in [3.63, 3.8) is 0 Å².